The van der Waals surface area contributed by atoms with Crippen LogP contribution in [0.3, 0.4) is 0 Å². The Morgan fingerprint density at radius 3 is 2.71 bits per heavy atom. The van der Waals surface area contributed by atoms with Crippen LogP contribution in [0.4, 0.5) is 13.2 Å². The lowest BCUT2D eigenvalue weighted by Crippen LogP contribution is -2.04. The summed E-state index contributed by atoms with van der Waals surface area (Å²) in [4.78, 5) is 3.57. The van der Waals surface area contributed by atoms with Gasteiger partial charge in [0.2, 0.25) is 0 Å². The zero-order valence-electron chi connectivity index (χ0n) is 6.78. The summed E-state index contributed by atoms with van der Waals surface area (Å²) in [5.74, 6) is 0. The van der Waals surface area contributed by atoms with Crippen LogP contribution < -0.4 is 0 Å². The van der Waals surface area contributed by atoms with Crippen LogP contribution in [0.1, 0.15) is 5.56 Å². The predicted octanol–water partition coefficient (Wildman–Crippen LogP) is 2.29. The highest BCUT2D eigenvalue weighted by molar-refractivity contribution is 5.79. The average Bonchev–Trinajstić information content (AvgIpc) is 2.44. The smallest absolute Gasteiger partial charge is 0.420 e. The number of halogens is 3. The molecular weight excluding hydrogens is 197 g/mol. The molecule has 2 heterocycles. The monoisotopic (exact) mass is 202 g/mol. The van der Waals surface area contributed by atoms with Crippen molar-refractivity contribution in [3.63, 3.8) is 0 Å². The van der Waals surface area contributed by atoms with Gasteiger partial charge in [-0.15, -0.1) is 0 Å². The highest BCUT2D eigenvalue weighted by Crippen LogP contribution is 2.34. The fourth-order valence-corrected chi connectivity index (χ4v) is 1.25. The first-order valence-electron chi connectivity index (χ1n) is 3.72. The number of fused-ring (bicyclic) bond motifs is 1. The van der Waals surface area contributed by atoms with Gasteiger partial charge in [-0.25, -0.2) is 0 Å². The molecule has 1 N–H and O–H groups in total. The van der Waals surface area contributed by atoms with Gasteiger partial charge in [-0.3, -0.25) is 4.98 Å². The number of pyridine rings is 1. The molecule has 0 saturated carbocycles. The minimum absolute atomic E-state index is 0.0415. The quantitative estimate of drug-likeness (QED) is 0.665. The Bertz CT molecular complexity index is 475. The summed E-state index contributed by atoms with van der Waals surface area (Å²) in [5, 5.41) is 9.13. The SMILES string of the molecule is On1cc(C(F)(F)F)c2ncccc21. The van der Waals surface area contributed by atoms with E-state index in [1.165, 1.54) is 18.3 Å². The lowest BCUT2D eigenvalue weighted by molar-refractivity contribution is -0.136. The van der Waals surface area contributed by atoms with Crippen LogP contribution in [0.25, 0.3) is 11.0 Å². The van der Waals surface area contributed by atoms with E-state index in [2.05, 4.69) is 4.98 Å². The van der Waals surface area contributed by atoms with Crippen LogP contribution in [-0.4, -0.2) is 14.9 Å². The minimum Gasteiger partial charge on any atom is -0.428 e. The summed E-state index contributed by atoms with van der Waals surface area (Å²) in [7, 11) is 0. The van der Waals surface area contributed by atoms with Crippen molar-refractivity contribution in [2.45, 2.75) is 6.18 Å². The molecule has 74 valence electrons. The summed E-state index contributed by atoms with van der Waals surface area (Å²) < 4.78 is 37.5. The molecule has 0 atom stereocenters. The Kier molecular flexibility index (Phi) is 1.67. The standard InChI is InChI=1S/C8H5F3N2O/c9-8(10,11)5-4-13(14)6-2-1-3-12-7(5)6/h1-4,14H. The third-order valence-electron chi connectivity index (χ3n) is 1.85. The summed E-state index contributed by atoms with van der Waals surface area (Å²) >= 11 is 0. The second-order valence-electron chi connectivity index (χ2n) is 2.76. The molecule has 2 aromatic rings. The van der Waals surface area contributed by atoms with Crippen molar-refractivity contribution >= 4 is 11.0 Å². The molecule has 0 unspecified atom stereocenters. The fourth-order valence-electron chi connectivity index (χ4n) is 1.25. The van der Waals surface area contributed by atoms with E-state index in [-0.39, 0.29) is 11.0 Å². The van der Waals surface area contributed by atoms with E-state index in [9.17, 15) is 13.2 Å². The highest BCUT2D eigenvalue weighted by atomic mass is 19.4. The van der Waals surface area contributed by atoms with Crippen molar-refractivity contribution in [1.82, 2.24) is 9.71 Å². The van der Waals surface area contributed by atoms with E-state index >= 15 is 0 Å². The second-order valence-corrected chi connectivity index (χ2v) is 2.76. The highest BCUT2D eigenvalue weighted by Gasteiger charge is 2.35. The summed E-state index contributed by atoms with van der Waals surface area (Å²) in [5.41, 5.74) is -1.14. The van der Waals surface area contributed by atoms with Gasteiger partial charge in [-0.1, -0.05) is 0 Å². The number of aromatic nitrogens is 2. The molecule has 0 saturated heterocycles. The molecule has 0 aromatic carbocycles. The first-order valence-corrected chi connectivity index (χ1v) is 3.72. The van der Waals surface area contributed by atoms with Crippen LogP contribution in [-0.2, 0) is 6.18 Å². The molecule has 0 fully saturated rings. The van der Waals surface area contributed by atoms with Crippen molar-refractivity contribution in [2.75, 3.05) is 0 Å². The van der Waals surface area contributed by atoms with Gasteiger partial charge in [0.1, 0.15) is 16.6 Å². The number of nitrogens with zero attached hydrogens (tertiary/aromatic N) is 2. The lowest BCUT2D eigenvalue weighted by Gasteiger charge is -2.01. The van der Waals surface area contributed by atoms with Gasteiger partial charge in [0.15, 0.2) is 0 Å². The van der Waals surface area contributed by atoms with E-state index in [1.807, 2.05) is 0 Å². The molecule has 0 amide bonds. The molecule has 14 heavy (non-hydrogen) atoms. The predicted molar refractivity (Wildman–Crippen MR) is 41.9 cm³/mol. The number of hydrogen-bond donors (Lipinski definition) is 1. The zero-order chi connectivity index (χ0) is 10.3. The van der Waals surface area contributed by atoms with Gasteiger partial charge in [-0.2, -0.15) is 17.9 Å². The molecule has 0 bridgehead atoms. The van der Waals surface area contributed by atoms with E-state index in [0.29, 0.717) is 10.9 Å². The lowest BCUT2D eigenvalue weighted by atomic mass is 10.2. The number of hydrogen-bond acceptors (Lipinski definition) is 2. The average molecular weight is 202 g/mol. The maximum absolute atomic E-state index is 12.4. The third kappa shape index (κ3) is 1.19. The van der Waals surface area contributed by atoms with Crippen molar-refractivity contribution in [2.24, 2.45) is 0 Å². The van der Waals surface area contributed by atoms with E-state index < -0.39 is 11.7 Å². The first kappa shape index (κ1) is 8.86. The van der Waals surface area contributed by atoms with Gasteiger partial charge >= 0.3 is 6.18 Å². The largest absolute Gasteiger partial charge is 0.428 e. The van der Waals surface area contributed by atoms with Gasteiger partial charge in [0, 0.05) is 6.20 Å². The van der Waals surface area contributed by atoms with Gasteiger partial charge < -0.3 is 5.21 Å². The van der Waals surface area contributed by atoms with Crippen LogP contribution in [0.2, 0.25) is 0 Å². The molecule has 0 aliphatic rings. The molecule has 2 aromatic heterocycles. The second kappa shape index (κ2) is 2.63. The first-order chi connectivity index (χ1) is 6.50. The van der Waals surface area contributed by atoms with Gasteiger partial charge in [-0.05, 0) is 12.1 Å². The Hall–Kier alpha value is -1.72. The van der Waals surface area contributed by atoms with Crippen LogP contribution in [0.15, 0.2) is 24.5 Å². The Labute approximate surface area is 76.4 Å². The maximum atomic E-state index is 12.4. The number of rotatable bonds is 0. The van der Waals surface area contributed by atoms with E-state index in [0.717, 1.165) is 0 Å². The zero-order valence-corrected chi connectivity index (χ0v) is 6.78. The van der Waals surface area contributed by atoms with Crippen LogP contribution >= 0.6 is 0 Å². The van der Waals surface area contributed by atoms with Crippen molar-refractivity contribution in [1.29, 1.82) is 0 Å². The number of alkyl halides is 3. The topological polar surface area (TPSA) is 38.0 Å². The van der Waals surface area contributed by atoms with Crippen LogP contribution in [0.5, 0.6) is 0 Å². The van der Waals surface area contributed by atoms with Crippen LogP contribution in [0, 0.1) is 0 Å². The van der Waals surface area contributed by atoms with Gasteiger partial charge in [0.25, 0.3) is 0 Å². The van der Waals surface area contributed by atoms with Gasteiger partial charge in [0.05, 0.1) is 6.20 Å². The fraction of sp³-hybridized carbons (Fsp3) is 0.125. The van der Waals surface area contributed by atoms with Crippen molar-refractivity contribution < 1.29 is 18.4 Å². The summed E-state index contributed by atoms with van der Waals surface area (Å²) in [6.45, 7) is 0. The summed E-state index contributed by atoms with van der Waals surface area (Å²) in [6, 6.07) is 2.81. The Morgan fingerprint density at radius 1 is 1.36 bits per heavy atom. The normalized spacial score (nSPS) is 12.2. The maximum Gasteiger partial charge on any atom is 0.420 e. The minimum atomic E-state index is -4.50. The van der Waals surface area contributed by atoms with Crippen molar-refractivity contribution in [3.05, 3.63) is 30.1 Å². The summed E-state index contributed by atoms with van der Waals surface area (Å²) in [6.07, 6.45) is -2.64. The molecule has 0 spiro atoms. The molecule has 3 nitrogen and oxygen atoms in total. The Balaban J connectivity index is 2.80. The molecular formula is C8H5F3N2O. The third-order valence-corrected chi connectivity index (χ3v) is 1.85. The molecule has 2 rings (SSSR count). The van der Waals surface area contributed by atoms with E-state index in [1.54, 1.807) is 0 Å². The molecule has 0 aliphatic carbocycles. The molecule has 0 aliphatic heterocycles. The molecule has 6 heteroatoms. The Morgan fingerprint density at radius 2 is 2.07 bits per heavy atom. The molecule has 0 radical (unpaired) electrons. The van der Waals surface area contributed by atoms with E-state index in [4.69, 9.17) is 5.21 Å². The van der Waals surface area contributed by atoms with Crippen molar-refractivity contribution in [3.8, 4) is 0 Å².